The Bertz CT molecular complexity index is 931. The molecule has 0 bridgehead atoms. The van der Waals surface area contributed by atoms with Gasteiger partial charge in [-0.05, 0) is 58.2 Å². The van der Waals surface area contributed by atoms with Crippen LogP contribution in [0.15, 0.2) is 78.9 Å². The van der Waals surface area contributed by atoms with Crippen LogP contribution in [0.25, 0.3) is 11.1 Å². The van der Waals surface area contributed by atoms with Crippen molar-refractivity contribution in [2.75, 3.05) is 13.1 Å². The van der Waals surface area contributed by atoms with Crippen LogP contribution in [0, 0.1) is 0 Å². The monoisotopic (exact) mass is 387 g/mol. The molecule has 3 aromatic carbocycles. The van der Waals surface area contributed by atoms with Gasteiger partial charge in [0.2, 0.25) is 0 Å². The van der Waals surface area contributed by atoms with Crippen molar-refractivity contribution in [2.45, 2.75) is 25.8 Å². The van der Waals surface area contributed by atoms with Gasteiger partial charge in [-0.1, -0.05) is 78.9 Å². The second-order valence-corrected chi connectivity index (χ2v) is 7.71. The quantitative estimate of drug-likeness (QED) is 0.504. The molecule has 142 valence electrons. The minimum absolute atomic E-state index is 0. The second-order valence-electron chi connectivity index (χ2n) is 7.71. The zero-order valence-corrected chi connectivity index (χ0v) is 16.9. The van der Waals surface area contributed by atoms with Gasteiger partial charge in [-0.15, -0.1) is 12.4 Å². The summed E-state index contributed by atoms with van der Waals surface area (Å²) in [5.41, 5.74) is 10.5. The smallest absolute Gasteiger partial charge is 0.0233 e. The summed E-state index contributed by atoms with van der Waals surface area (Å²) in [7, 11) is 0. The average Bonchev–Trinajstić information content (AvgIpc) is 2.99. The van der Waals surface area contributed by atoms with Crippen LogP contribution >= 0.6 is 12.4 Å². The predicted octanol–water partition coefficient (Wildman–Crippen LogP) is 6.22. The van der Waals surface area contributed by atoms with Crippen LogP contribution in [0.3, 0.4) is 0 Å². The van der Waals surface area contributed by atoms with Gasteiger partial charge in [-0.2, -0.15) is 0 Å². The van der Waals surface area contributed by atoms with E-state index in [-0.39, 0.29) is 12.4 Å². The summed E-state index contributed by atoms with van der Waals surface area (Å²) < 4.78 is 0. The average molecular weight is 388 g/mol. The number of rotatable bonds is 2. The first-order valence-corrected chi connectivity index (χ1v) is 10.0. The minimum atomic E-state index is 0. The summed E-state index contributed by atoms with van der Waals surface area (Å²) >= 11 is 0. The number of hydrogen-bond acceptors (Lipinski definition) is 1. The van der Waals surface area contributed by atoms with Crippen molar-refractivity contribution in [2.24, 2.45) is 0 Å². The number of nitrogens with zero attached hydrogens (tertiary/aromatic N) is 1. The van der Waals surface area contributed by atoms with Crippen molar-refractivity contribution in [3.05, 3.63) is 107 Å². The van der Waals surface area contributed by atoms with Gasteiger partial charge in [0.05, 0.1) is 0 Å². The van der Waals surface area contributed by atoms with Crippen LogP contribution < -0.4 is 0 Å². The molecular formula is C26H26ClN. The molecule has 0 fully saturated rings. The van der Waals surface area contributed by atoms with Gasteiger partial charge >= 0.3 is 0 Å². The molecule has 2 heteroatoms. The van der Waals surface area contributed by atoms with E-state index in [0.29, 0.717) is 0 Å². The lowest BCUT2D eigenvalue weighted by Gasteiger charge is -2.20. The Balaban J connectivity index is 0.00000192. The Hall–Kier alpha value is -2.35. The lowest BCUT2D eigenvalue weighted by atomic mass is 9.91. The molecule has 28 heavy (non-hydrogen) atoms. The van der Waals surface area contributed by atoms with Crippen LogP contribution in [-0.2, 0) is 13.0 Å². The Morgan fingerprint density at radius 3 is 1.68 bits per heavy atom. The van der Waals surface area contributed by atoms with E-state index < -0.39 is 0 Å². The zero-order valence-electron chi connectivity index (χ0n) is 16.1. The summed E-state index contributed by atoms with van der Waals surface area (Å²) in [5, 5.41) is 0. The predicted molar refractivity (Wildman–Crippen MR) is 121 cm³/mol. The molecule has 3 aromatic rings. The van der Waals surface area contributed by atoms with E-state index in [0.717, 1.165) is 38.9 Å². The van der Waals surface area contributed by atoms with Gasteiger partial charge in [-0.3, -0.25) is 4.90 Å². The maximum Gasteiger partial charge on any atom is 0.0233 e. The van der Waals surface area contributed by atoms with Crippen molar-refractivity contribution in [3.8, 4) is 0 Å². The molecule has 1 heterocycles. The van der Waals surface area contributed by atoms with Crippen LogP contribution in [0.4, 0.5) is 0 Å². The van der Waals surface area contributed by atoms with Gasteiger partial charge in [0.15, 0.2) is 0 Å². The topological polar surface area (TPSA) is 3.24 Å². The van der Waals surface area contributed by atoms with E-state index in [1.807, 2.05) is 0 Å². The van der Waals surface area contributed by atoms with Crippen molar-refractivity contribution in [1.29, 1.82) is 0 Å². The molecule has 0 spiro atoms. The zero-order chi connectivity index (χ0) is 18.1. The first-order chi connectivity index (χ1) is 13.4. The summed E-state index contributed by atoms with van der Waals surface area (Å²) in [5.74, 6) is 0. The fourth-order valence-electron chi connectivity index (χ4n) is 4.69. The highest BCUT2D eigenvalue weighted by Crippen LogP contribution is 2.40. The number of halogens is 1. The Morgan fingerprint density at radius 2 is 1.11 bits per heavy atom. The normalized spacial score (nSPS) is 16.1. The third-order valence-corrected chi connectivity index (χ3v) is 6.04. The van der Waals surface area contributed by atoms with Crippen molar-refractivity contribution in [3.63, 3.8) is 0 Å². The summed E-state index contributed by atoms with van der Waals surface area (Å²) in [6.45, 7) is 3.30. The van der Waals surface area contributed by atoms with Crippen molar-refractivity contribution in [1.82, 2.24) is 4.90 Å². The molecule has 1 nitrogen and oxygen atoms in total. The third kappa shape index (κ3) is 3.65. The standard InChI is InChI=1S/C26H25N.ClH/c1-2-8-20(9-3-1)19-27-16-14-25-23-12-6-4-10-21(23)18-22-11-5-7-13-24(22)26(25)15-17-27;/h1-13H,14-19H2;1H. The van der Waals surface area contributed by atoms with Gasteiger partial charge in [-0.25, -0.2) is 0 Å². The molecule has 0 amide bonds. The number of benzene rings is 3. The molecule has 2 aliphatic rings. The summed E-state index contributed by atoms with van der Waals surface area (Å²) in [6.07, 6.45) is 3.31. The first kappa shape index (κ1) is 19.0. The lowest BCUT2D eigenvalue weighted by Crippen LogP contribution is -2.24. The van der Waals surface area contributed by atoms with E-state index in [4.69, 9.17) is 0 Å². The van der Waals surface area contributed by atoms with E-state index in [2.05, 4.69) is 83.8 Å². The van der Waals surface area contributed by atoms with Crippen molar-refractivity contribution >= 4 is 23.6 Å². The van der Waals surface area contributed by atoms with Crippen LogP contribution in [0.2, 0.25) is 0 Å². The van der Waals surface area contributed by atoms with Crippen LogP contribution in [0.1, 0.15) is 40.7 Å². The Morgan fingerprint density at radius 1 is 0.607 bits per heavy atom. The van der Waals surface area contributed by atoms with Gasteiger partial charge in [0.1, 0.15) is 0 Å². The van der Waals surface area contributed by atoms with Crippen molar-refractivity contribution < 1.29 is 0 Å². The SMILES string of the molecule is Cl.c1ccc(CN2CCC3=C(CC2)c2ccccc2Cc2ccccc23)cc1. The molecule has 0 aromatic heterocycles. The molecule has 0 radical (unpaired) electrons. The highest BCUT2D eigenvalue weighted by Gasteiger charge is 2.24. The molecule has 0 atom stereocenters. The maximum atomic E-state index is 2.62. The number of hydrogen-bond donors (Lipinski definition) is 0. The highest BCUT2D eigenvalue weighted by molar-refractivity contribution is 5.94. The molecule has 0 N–H and O–H groups in total. The van der Waals surface area contributed by atoms with E-state index in [1.165, 1.54) is 27.8 Å². The lowest BCUT2D eigenvalue weighted by molar-refractivity contribution is 0.282. The van der Waals surface area contributed by atoms with E-state index >= 15 is 0 Å². The number of fused-ring (bicyclic) bond motifs is 4. The second kappa shape index (κ2) is 8.34. The van der Waals surface area contributed by atoms with Crippen LogP contribution in [0.5, 0.6) is 0 Å². The third-order valence-electron chi connectivity index (χ3n) is 6.04. The molecule has 1 aliphatic heterocycles. The Labute approximate surface area is 174 Å². The van der Waals surface area contributed by atoms with E-state index in [1.54, 1.807) is 11.1 Å². The molecule has 0 saturated heterocycles. The fourth-order valence-corrected chi connectivity index (χ4v) is 4.69. The van der Waals surface area contributed by atoms with Gasteiger partial charge < -0.3 is 0 Å². The first-order valence-electron chi connectivity index (χ1n) is 10.0. The maximum absolute atomic E-state index is 2.62. The van der Waals surface area contributed by atoms with E-state index in [9.17, 15) is 0 Å². The highest BCUT2D eigenvalue weighted by atomic mass is 35.5. The Kier molecular flexibility index (Phi) is 5.66. The largest absolute Gasteiger partial charge is 0.298 e. The summed E-state index contributed by atoms with van der Waals surface area (Å²) in [6, 6.07) is 29.0. The van der Waals surface area contributed by atoms with Gasteiger partial charge in [0.25, 0.3) is 0 Å². The van der Waals surface area contributed by atoms with Crippen LogP contribution in [-0.4, -0.2) is 18.0 Å². The minimum Gasteiger partial charge on any atom is -0.298 e. The molecular weight excluding hydrogens is 362 g/mol. The molecule has 0 unspecified atom stereocenters. The fraction of sp³-hybridized carbons (Fsp3) is 0.231. The summed E-state index contributed by atoms with van der Waals surface area (Å²) in [4.78, 5) is 2.62. The molecule has 0 saturated carbocycles. The molecule has 1 aliphatic carbocycles. The molecule has 5 rings (SSSR count). The van der Waals surface area contributed by atoms with Gasteiger partial charge in [0, 0.05) is 19.6 Å².